The SMILES string of the molecule is CC(=O)Oc1cc2c(cc1O)COC2=O.CC(=O)Oc1cc2c(cc1OC(C)=O)C(=O)OC2. The molecule has 172 valence electrons. The molecule has 0 unspecified atom stereocenters. The Hall–Kier alpha value is -4.41. The van der Waals surface area contributed by atoms with Crippen molar-refractivity contribution in [3.63, 3.8) is 0 Å². The van der Waals surface area contributed by atoms with Gasteiger partial charge >= 0.3 is 29.8 Å². The second-order valence-electron chi connectivity index (χ2n) is 6.87. The van der Waals surface area contributed by atoms with Gasteiger partial charge in [0, 0.05) is 31.9 Å². The lowest BCUT2D eigenvalue weighted by atomic mass is 10.1. The Morgan fingerprint density at radius 1 is 0.697 bits per heavy atom. The molecule has 4 rings (SSSR count). The molecule has 2 aliphatic heterocycles. The van der Waals surface area contributed by atoms with Gasteiger partial charge in [-0.05, 0) is 24.3 Å². The zero-order valence-electron chi connectivity index (χ0n) is 17.8. The van der Waals surface area contributed by atoms with Crippen LogP contribution in [0.5, 0.6) is 23.0 Å². The molecule has 2 aromatic carbocycles. The topological polar surface area (TPSA) is 152 Å². The van der Waals surface area contributed by atoms with E-state index in [1.807, 2.05) is 0 Å². The van der Waals surface area contributed by atoms with Gasteiger partial charge in [0.15, 0.2) is 23.0 Å². The molecule has 0 amide bonds. The number of carbonyl (C=O) groups is 5. The van der Waals surface area contributed by atoms with Crippen molar-refractivity contribution in [1.29, 1.82) is 0 Å². The average Bonchev–Trinajstić information content (AvgIpc) is 3.24. The Bertz CT molecular complexity index is 1180. The second-order valence-corrected chi connectivity index (χ2v) is 6.87. The summed E-state index contributed by atoms with van der Waals surface area (Å²) in [6, 6.07) is 5.46. The third kappa shape index (κ3) is 5.45. The van der Waals surface area contributed by atoms with Crippen molar-refractivity contribution in [3.8, 4) is 23.0 Å². The maximum atomic E-state index is 11.4. The number of hydrogen-bond donors (Lipinski definition) is 1. The van der Waals surface area contributed by atoms with Crippen molar-refractivity contribution in [1.82, 2.24) is 0 Å². The maximum Gasteiger partial charge on any atom is 0.339 e. The van der Waals surface area contributed by atoms with Crippen LogP contribution in [0.25, 0.3) is 0 Å². The van der Waals surface area contributed by atoms with Gasteiger partial charge in [0.1, 0.15) is 13.2 Å². The van der Waals surface area contributed by atoms with Crippen molar-refractivity contribution in [3.05, 3.63) is 46.5 Å². The van der Waals surface area contributed by atoms with Crippen LogP contribution >= 0.6 is 0 Å². The highest BCUT2D eigenvalue weighted by molar-refractivity contribution is 5.95. The third-order valence-corrected chi connectivity index (χ3v) is 4.27. The van der Waals surface area contributed by atoms with Crippen LogP contribution in [-0.2, 0) is 37.1 Å². The van der Waals surface area contributed by atoms with E-state index in [4.69, 9.17) is 23.7 Å². The molecular weight excluding hydrogens is 440 g/mol. The van der Waals surface area contributed by atoms with Crippen LogP contribution in [0.15, 0.2) is 24.3 Å². The number of phenolic OH excluding ortho intramolecular Hbond substituents is 1. The fourth-order valence-electron chi connectivity index (χ4n) is 2.98. The summed E-state index contributed by atoms with van der Waals surface area (Å²) in [6.07, 6.45) is 0. The summed E-state index contributed by atoms with van der Waals surface area (Å²) >= 11 is 0. The minimum Gasteiger partial charge on any atom is -0.504 e. The lowest BCUT2D eigenvalue weighted by Gasteiger charge is -2.09. The molecule has 1 N–H and O–H groups in total. The molecular formula is C22H18O11. The number of fused-ring (bicyclic) bond motifs is 2. The second kappa shape index (κ2) is 9.39. The van der Waals surface area contributed by atoms with Gasteiger partial charge in [-0.2, -0.15) is 0 Å². The quantitative estimate of drug-likeness (QED) is 0.532. The van der Waals surface area contributed by atoms with E-state index in [2.05, 4.69) is 0 Å². The van der Waals surface area contributed by atoms with E-state index in [0.29, 0.717) is 22.3 Å². The minimum absolute atomic E-state index is 0.0234. The number of esters is 5. The number of carbonyl (C=O) groups excluding carboxylic acids is 5. The molecule has 11 heteroatoms. The molecule has 2 heterocycles. The molecule has 0 radical (unpaired) electrons. The molecule has 33 heavy (non-hydrogen) atoms. The smallest absolute Gasteiger partial charge is 0.339 e. The van der Waals surface area contributed by atoms with Gasteiger partial charge in [0.25, 0.3) is 0 Å². The Morgan fingerprint density at radius 2 is 1.09 bits per heavy atom. The maximum absolute atomic E-state index is 11.4. The van der Waals surface area contributed by atoms with Crippen LogP contribution < -0.4 is 14.2 Å². The molecule has 0 aliphatic carbocycles. The lowest BCUT2D eigenvalue weighted by Crippen LogP contribution is -2.08. The summed E-state index contributed by atoms with van der Waals surface area (Å²) in [5.74, 6) is -2.74. The molecule has 0 aromatic heterocycles. The third-order valence-electron chi connectivity index (χ3n) is 4.27. The van der Waals surface area contributed by atoms with Crippen molar-refractivity contribution < 1.29 is 52.8 Å². The molecule has 0 atom stereocenters. The molecule has 2 aromatic rings. The van der Waals surface area contributed by atoms with Gasteiger partial charge in [-0.1, -0.05) is 0 Å². The summed E-state index contributed by atoms with van der Waals surface area (Å²) in [7, 11) is 0. The number of aromatic hydroxyl groups is 1. The highest BCUT2D eigenvalue weighted by atomic mass is 16.6. The molecule has 0 saturated heterocycles. The van der Waals surface area contributed by atoms with Crippen LogP contribution in [0.4, 0.5) is 0 Å². The van der Waals surface area contributed by atoms with Crippen molar-refractivity contribution in [2.45, 2.75) is 34.0 Å². The number of ether oxygens (including phenoxy) is 5. The zero-order chi connectivity index (χ0) is 24.3. The van der Waals surface area contributed by atoms with E-state index in [9.17, 15) is 29.1 Å². The van der Waals surface area contributed by atoms with Crippen molar-refractivity contribution >= 4 is 29.8 Å². The number of cyclic esters (lactones) is 2. The molecule has 0 spiro atoms. The van der Waals surface area contributed by atoms with E-state index < -0.39 is 29.8 Å². The standard InChI is InChI=1S/C12H10O6.C10H8O5/c1-6(13)17-10-3-8-5-16-12(15)9(8)4-11(10)18-7(2)14;1-5(11)15-9-3-7-6(2-8(9)12)4-14-10(7)13/h3-4H,5H2,1-2H3;2-3,12H,4H2,1H3. The van der Waals surface area contributed by atoms with Crippen molar-refractivity contribution in [2.24, 2.45) is 0 Å². The first-order valence-electron chi connectivity index (χ1n) is 9.47. The van der Waals surface area contributed by atoms with E-state index in [0.717, 1.165) is 0 Å². The first kappa shape index (κ1) is 23.3. The number of phenols is 1. The molecule has 0 saturated carbocycles. The van der Waals surface area contributed by atoms with Gasteiger partial charge in [0.2, 0.25) is 0 Å². The lowest BCUT2D eigenvalue weighted by molar-refractivity contribution is -0.134. The van der Waals surface area contributed by atoms with Crippen LogP contribution in [0.1, 0.15) is 52.6 Å². The average molecular weight is 458 g/mol. The summed E-state index contributed by atoms with van der Waals surface area (Å²) < 4.78 is 24.1. The van der Waals surface area contributed by atoms with Crippen LogP contribution in [0, 0.1) is 0 Å². The number of benzene rings is 2. The zero-order valence-corrected chi connectivity index (χ0v) is 17.8. The van der Waals surface area contributed by atoms with Gasteiger partial charge < -0.3 is 28.8 Å². The molecule has 11 nitrogen and oxygen atoms in total. The molecule has 0 bridgehead atoms. The van der Waals surface area contributed by atoms with Gasteiger partial charge in [-0.25, -0.2) is 9.59 Å². The largest absolute Gasteiger partial charge is 0.504 e. The predicted molar refractivity (Wildman–Crippen MR) is 107 cm³/mol. The minimum atomic E-state index is -0.574. The van der Waals surface area contributed by atoms with E-state index in [1.54, 1.807) is 0 Å². The van der Waals surface area contributed by atoms with Gasteiger partial charge in [0.05, 0.1) is 11.1 Å². The number of rotatable bonds is 3. The summed E-state index contributed by atoms with van der Waals surface area (Å²) in [4.78, 5) is 55.1. The van der Waals surface area contributed by atoms with Crippen LogP contribution in [-0.4, -0.2) is 35.0 Å². The summed E-state index contributed by atoms with van der Waals surface area (Å²) in [5.41, 5.74) is 1.81. The monoisotopic (exact) mass is 458 g/mol. The van der Waals surface area contributed by atoms with E-state index in [-0.39, 0.29) is 36.2 Å². The Morgan fingerprint density at radius 3 is 1.58 bits per heavy atom. The fourth-order valence-corrected chi connectivity index (χ4v) is 2.98. The Balaban J connectivity index is 0.000000189. The number of hydrogen-bond acceptors (Lipinski definition) is 11. The van der Waals surface area contributed by atoms with Gasteiger partial charge in [-0.3, -0.25) is 14.4 Å². The first-order chi connectivity index (χ1) is 15.5. The van der Waals surface area contributed by atoms with E-state index >= 15 is 0 Å². The van der Waals surface area contributed by atoms with Crippen LogP contribution in [0.3, 0.4) is 0 Å². The highest BCUT2D eigenvalue weighted by Gasteiger charge is 2.26. The first-order valence-corrected chi connectivity index (χ1v) is 9.47. The molecule has 2 aliphatic rings. The van der Waals surface area contributed by atoms with E-state index in [1.165, 1.54) is 45.0 Å². The Kier molecular flexibility index (Phi) is 6.61. The highest BCUT2D eigenvalue weighted by Crippen LogP contribution is 2.35. The predicted octanol–water partition coefficient (Wildman–Crippen LogP) is 2.20. The normalized spacial score (nSPS) is 12.9. The van der Waals surface area contributed by atoms with Gasteiger partial charge in [-0.15, -0.1) is 0 Å². The fraction of sp³-hybridized carbons (Fsp3) is 0.227. The van der Waals surface area contributed by atoms with Crippen molar-refractivity contribution in [2.75, 3.05) is 0 Å². The van der Waals surface area contributed by atoms with Crippen LogP contribution in [0.2, 0.25) is 0 Å². The Labute approximate surface area is 186 Å². The molecule has 0 fully saturated rings. The summed E-state index contributed by atoms with van der Waals surface area (Å²) in [5, 5.41) is 9.47. The summed E-state index contributed by atoms with van der Waals surface area (Å²) in [6.45, 7) is 3.91.